The van der Waals surface area contributed by atoms with Gasteiger partial charge in [-0.25, -0.2) is 0 Å². The molecule has 0 fully saturated rings. The van der Waals surface area contributed by atoms with Crippen LogP contribution in [0, 0.1) is 0 Å². The molecule has 0 spiro atoms. The van der Waals surface area contributed by atoms with Crippen molar-refractivity contribution in [1.29, 1.82) is 0 Å². The molecule has 2 rings (SSSR count). The molecule has 0 heterocycles. The van der Waals surface area contributed by atoms with Gasteiger partial charge >= 0.3 is 0 Å². The molecule has 0 aliphatic carbocycles. The van der Waals surface area contributed by atoms with E-state index < -0.39 is 0 Å². The minimum atomic E-state index is 0.0318. The Morgan fingerprint density at radius 2 is 1.00 bits per heavy atom. The molecule has 0 aliphatic heterocycles. The summed E-state index contributed by atoms with van der Waals surface area (Å²) in [6.07, 6.45) is 1.73. The Morgan fingerprint density at radius 3 is 1.33 bits per heavy atom. The van der Waals surface area contributed by atoms with Gasteiger partial charge in [-0.1, -0.05) is 36.4 Å². The predicted molar refractivity (Wildman–Crippen MR) is 96.0 cm³/mol. The van der Waals surface area contributed by atoms with Gasteiger partial charge in [0.05, 0.1) is 0 Å². The van der Waals surface area contributed by atoms with Gasteiger partial charge < -0.3 is 9.80 Å². The average Bonchev–Trinajstić information content (AvgIpc) is 2.65. The van der Waals surface area contributed by atoms with E-state index in [0.29, 0.717) is 24.2 Å². The fourth-order valence-corrected chi connectivity index (χ4v) is 2.50. The highest BCUT2D eigenvalue weighted by molar-refractivity contribution is 5.94. The Morgan fingerprint density at radius 1 is 0.667 bits per heavy atom. The molecule has 0 bridgehead atoms. The van der Waals surface area contributed by atoms with Crippen molar-refractivity contribution < 1.29 is 9.59 Å². The summed E-state index contributed by atoms with van der Waals surface area (Å²) in [6.45, 7) is 1.36. The van der Waals surface area contributed by atoms with Gasteiger partial charge in [-0.15, -0.1) is 0 Å². The van der Waals surface area contributed by atoms with Crippen molar-refractivity contribution in [1.82, 2.24) is 9.80 Å². The minimum Gasteiger partial charge on any atom is -0.342 e. The van der Waals surface area contributed by atoms with Gasteiger partial charge in [0.1, 0.15) is 0 Å². The van der Waals surface area contributed by atoms with E-state index in [1.54, 1.807) is 9.80 Å². The summed E-state index contributed by atoms with van der Waals surface area (Å²) < 4.78 is 0. The molecule has 2 aromatic carbocycles. The molecular weight excluding hydrogens is 300 g/mol. The van der Waals surface area contributed by atoms with E-state index in [4.69, 9.17) is 0 Å². The molecule has 4 heteroatoms. The first-order valence-corrected chi connectivity index (χ1v) is 8.20. The first-order chi connectivity index (χ1) is 11.6. The summed E-state index contributed by atoms with van der Waals surface area (Å²) in [4.78, 5) is 27.9. The van der Waals surface area contributed by atoms with Crippen LogP contribution in [-0.2, 0) is 0 Å². The van der Waals surface area contributed by atoms with Crippen LogP contribution in [0.2, 0.25) is 0 Å². The monoisotopic (exact) mass is 324 g/mol. The average molecular weight is 324 g/mol. The van der Waals surface area contributed by atoms with Gasteiger partial charge in [0.2, 0.25) is 0 Å². The van der Waals surface area contributed by atoms with Gasteiger partial charge in [0, 0.05) is 38.3 Å². The van der Waals surface area contributed by atoms with Crippen molar-refractivity contribution in [3.8, 4) is 0 Å². The maximum Gasteiger partial charge on any atom is 0.253 e. The summed E-state index contributed by atoms with van der Waals surface area (Å²) in [5, 5.41) is 0. The van der Waals surface area contributed by atoms with Crippen LogP contribution >= 0.6 is 0 Å². The van der Waals surface area contributed by atoms with E-state index in [0.717, 1.165) is 12.8 Å². The van der Waals surface area contributed by atoms with Crippen molar-refractivity contribution in [2.45, 2.75) is 12.8 Å². The highest BCUT2D eigenvalue weighted by atomic mass is 16.2. The summed E-state index contributed by atoms with van der Waals surface area (Å²) in [5.41, 5.74) is 1.41. The largest absolute Gasteiger partial charge is 0.342 e. The number of amides is 2. The second kappa shape index (κ2) is 8.87. The Kier molecular flexibility index (Phi) is 6.55. The lowest BCUT2D eigenvalue weighted by Crippen LogP contribution is -2.30. The summed E-state index contributed by atoms with van der Waals surface area (Å²) >= 11 is 0. The molecule has 0 saturated heterocycles. The van der Waals surface area contributed by atoms with Crippen LogP contribution in [0.15, 0.2) is 60.7 Å². The summed E-state index contributed by atoms with van der Waals surface area (Å²) in [7, 11) is 3.63. The number of nitrogens with zero attached hydrogens (tertiary/aromatic N) is 2. The lowest BCUT2D eigenvalue weighted by molar-refractivity contribution is 0.0766. The maximum absolute atomic E-state index is 12.2. The molecule has 0 radical (unpaired) electrons. The van der Waals surface area contributed by atoms with E-state index in [-0.39, 0.29) is 11.8 Å². The predicted octanol–water partition coefficient (Wildman–Crippen LogP) is 3.31. The normalized spacial score (nSPS) is 10.2. The smallest absolute Gasteiger partial charge is 0.253 e. The first kappa shape index (κ1) is 17.7. The molecule has 0 aromatic heterocycles. The minimum absolute atomic E-state index is 0.0318. The zero-order valence-electron chi connectivity index (χ0n) is 14.3. The number of hydrogen-bond acceptors (Lipinski definition) is 2. The van der Waals surface area contributed by atoms with E-state index in [9.17, 15) is 9.59 Å². The standard InChI is InChI=1S/C20H24N2O2/c1-21(19(23)17-11-5-3-6-12-17)15-9-10-16-22(2)20(24)18-13-7-4-8-14-18/h3-8,11-14H,9-10,15-16H2,1-2H3. The number of hydrogen-bond donors (Lipinski definition) is 0. The number of rotatable bonds is 7. The van der Waals surface area contributed by atoms with Crippen LogP contribution in [0.25, 0.3) is 0 Å². The van der Waals surface area contributed by atoms with E-state index >= 15 is 0 Å². The zero-order chi connectivity index (χ0) is 17.4. The van der Waals surface area contributed by atoms with Crippen LogP contribution in [0.1, 0.15) is 33.6 Å². The van der Waals surface area contributed by atoms with Gasteiger partial charge in [0.15, 0.2) is 0 Å². The highest BCUT2D eigenvalue weighted by Crippen LogP contribution is 2.06. The van der Waals surface area contributed by atoms with Gasteiger partial charge in [-0.05, 0) is 37.1 Å². The summed E-state index contributed by atoms with van der Waals surface area (Å²) in [6, 6.07) is 18.6. The SMILES string of the molecule is CN(CCCCN(C)C(=O)c1ccccc1)C(=O)c1ccccc1. The lowest BCUT2D eigenvalue weighted by Gasteiger charge is -2.20. The van der Waals surface area contributed by atoms with Gasteiger partial charge in [0.25, 0.3) is 11.8 Å². The van der Waals surface area contributed by atoms with Crippen LogP contribution in [-0.4, -0.2) is 48.8 Å². The molecular formula is C20H24N2O2. The maximum atomic E-state index is 12.2. The Hall–Kier alpha value is -2.62. The molecule has 0 unspecified atom stereocenters. The quantitative estimate of drug-likeness (QED) is 0.733. The van der Waals surface area contributed by atoms with Crippen molar-refractivity contribution >= 4 is 11.8 Å². The van der Waals surface area contributed by atoms with Crippen molar-refractivity contribution in [2.24, 2.45) is 0 Å². The van der Waals surface area contributed by atoms with Gasteiger partial charge in [-0.3, -0.25) is 9.59 Å². The topological polar surface area (TPSA) is 40.6 Å². The Labute approximate surface area is 143 Å². The molecule has 0 atom stereocenters. The fourth-order valence-electron chi connectivity index (χ4n) is 2.50. The van der Waals surface area contributed by atoms with Crippen molar-refractivity contribution in [3.63, 3.8) is 0 Å². The molecule has 0 saturated carbocycles. The van der Waals surface area contributed by atoms with Crippen LogP contribution in [0.5, 0.6) is 0 Å². The number of carbonyl (C=O) groups is 2. The number of benzene rings is 2. The fraction of sp³-hybridized carbons (Fsp3) is 0.300. The van der Waals surface area contributed by atoms with Crippen LogP contribution in [0.3, 0.4) is 0 Å². The molecule has 0 N–H and O–H groups in total. The third-order valence-electron chi connectivity index (χ3n) is 3.97. The van der Waals surface area contributed by atoms with E-state index in [2.05, 4.69) is 0 Å². The third kappa shape index (κ3) is 4.95. The highest BCUT2D eigenvalue weighted by Gasteiger charge is 2.12. The molecule has 4 nitrogen and oxygen atoms in total. The molecule has 24 heavy (non-hydrogen) atoms. The summed E-state index contributed by atoms with van der Waals surface area (Å²) in [5.74, 6) is 0.0635. The van der Waals surface area contributed by atoms with Gasteiger partial charge in [-0.2, -0.15) is 0 Å². The third-order valence-corrected chi connectivity index (χ3v) is 3.97. The van der Waals surface area contributed by atoms with Crippen LogP contribution < -0.4 is 0 Å². The second-order valence-corrected chi connectivity index (χ2v) is 5.89. The molecule has 0 aliphatic rings. The molecule has 2 amide bonds. The van der Waals surface area contributed by atoms with E-state index in [1.165, 1.54) is 0 Å². The van der Waals surface area contributed by atoms with Crippen molar-refractivity contribution in [2.75, 3.05) is 27.2 Å². The Bertz CT molecular complexity index is 596. The van der Waals surface area contributed by atoms with Crippen molar-refractivity contribution in [3.05, 3.63) is 71.8 Å². The zero-order valence-corrected chi connectivity index (χ0v) is 14.3. The number of carbonyl (C=O) groups excluding carboxylic acids is 2. The van der Waals surface area contributed by atoms with E-state index in [1.807, 2.05) is 74.8 Å². The Balaban J connectivity index is 1.72. The number of unbranched alkanes of at least 4 members (excludes halogenated alkanes) is 1. The van der Waals surface area contributed by atoms with Crippen LogP contribution in [0.4, 0.5) is 0 Å². The lowest BCUT2D eigenvalue weighted by atomic mass is 10.2. The second-order valence-electron chi connectivity index (χ2n) is 5.89. The molecule has 126 valence electrons. The first-order valence-electron chi connectivity index (χ1n) is 8.20. The molecule has 2 aromatic rings.